The molecule has 13 heavy (non-hydrogen) atoms. The van der Waals surface area contributed by atoms with Crippen LogP contribution in [0.25, 0.3) is 0 Å². The van der Waals surface area contributed by atoms with E-state index < -0.39 is 0 Å². The van der Waals surface area contributed by atoms with Gasteiger partial charge in [-0.15, -0.1) is 0 Å². The Bertz CT molecular complexity index is 279. The summed E-state index contributed by atoms with van der Waals surface area (Å²) >= 11 is 0. The number of aryl methyl sites for hydroxylation is 1. The molecule has 1 heterocycles. The van der Waals surface area contributed by atoms with Crippen LogP contribution >= 0.6 is 0 Å². The quantitative estimate of drug-likeness (QED) is 0.708. The molecular weight excluding hydrogens is 162 g/mol. The zero-order valence-corrected chi connectivity index (χ0v) is 8.11. The highest BCUT2D eigenvalue weighted by Gasteiger charge is 2.22. The lowest BCUT2D eigenvalue weighted by Gasteiger charge is -2.26. The molecule has 2 unspecified atom stereocenters. The third-order valence-electron chi connectivity index (χ3n) is 2.99. The number of hydrogen-bond donors (Lipinski definition) is 1. The molecule has 0 bridgehead atoms. The van der Waals surface area contributed by atoms with Gasteiger partial charge in [0.25, 0.3) is 0 Å². The van der Waals surface area contributed by atoms with E-state index in [1.807, 2.05) is 17.9 Å². The van der Waals surface area contributed by atoms with Gasteiger partial charge in [-0.1, -0.05) is 6.42 Å². The normalized spacial score (nSPS) is 29.1. The molecule has 0 radical (unpaired) electrons. The van der Waals surface area contributed by atoms with Crippen molar-refractivity contribution < 1.29 is 0 Å². The van der Waals surface area contributed by atoms with Gasteiger partial charge in [0.1, 0.15) is 0 Å². The fourth-order valence-electron chi connectivity index (χ4n) is 2.28. The second-order valence-corrected chi connectivity index (χ2v) is 4.00. The maximum atomic E-state index is 5.95. The summed E-state index contributed by atoms with van der Waals surface area (Å²) in [5.74, 6) is 0.635. The van der Waals surface area contributed by atoms with E-state index in [1.165, 1.54) is 25.0 Å². The molecule has 1 saturated carbocycles. The van der Waals surface area contributed by atoms with E-state index in [2.05, 4.69) is 11.2 Å². The van der Waals surface area contributed by atoms with Crippen molar-refractivity contribution in [1.29, 1.82) is 0 Å². The highest BCUT2D eigenvalue weighted by molar-refractivity contribution is 5.09. The zero-order chi connectivity index (χ0) is 9.26. The summed E-state index contributed by atoms with van der Waals surface area (Å²) in [6.45, 7) is 0. The van der Waals surface area contributed by atoms with E-state index in [-0.39, 0.29) is 0 Å². The van der Waals surface area contributed by atoms with Crippen LogP contribution in [0, 0.1) is 0 Å². The molecular formula is C10H17N3. The first kappa shape index (κ1) is 8.75. The summed E-state index contributed by atoms with van der Waals surface area (Å²) in [6, 6.07) is 2.51. The molecule has 1 aromatic rings. The molecule has 1 fully saturated rings. The van der Waals surface area contributed by atoms with Gasteiger partial charge in [-0.05, 0) is 25.3 Å². The van der Waals surface area contributed by atoms with Crippen molar-refractivity contribution >= 4 is 0 Å². The summed E-state index contributed by atoms with van der Waals surface area (Å²) in [7, 11) is 2.01. The van der Waals surface area contributed by atoms with Crippen molar-refractivity contribution in [2.45, 2.75) is 37.6 Å². The minimum absolute atomic E-state index is 0.397. The molecule has 3 heteroatoms. The Kier molecular flexibility index (Phi) is 2.36. The molecule has 72 valence electrons. The van der Waals surface area contributed by atoms with Crippen molar-refractivity contribution in [2.75, 3.05) is 0 Å². The minimum Gasteiger partial charge on any atom is -0.328 e. The number of nitrogens with zero attached hydrogens (tertiary/aromatic N) is 2. The molecule has 1 aromatic heterocycles. The first-order valence-corrected chi connectivity index (χ1v) is 5.01. The van der Waals surface area contributed by atoms with E-state index >= 15 is 0 Å². The smallest absolute Gasteiger partial charge is 0.0492 e. The van der Waals surface area contributed by atoms with E-state index in [9.17, 15) is 0 Å². The molecule has 0 amide bonds. The Morgan fingerprint density at radius 2 is 2.38 bits per heavy atom. The maximum Gasteiger partial charge on any atom is 0.0492 e. The average molecular weight is 179 g/mol. The molecule has 0 saturated heterocycles. The average Bonchev–Trinajstić information content (AvgIpc) is 2.51. The van der Waals surface area contributed by atoms with Gasteiger partial charge in [-0.2, -0.15) is 5.10 Å². The maximum absolute atomic E-state index is 5.95. The Hall–Kier alpha value is -0.830. The van der Waals surface area contributed by atoms with E-state index in [0.717, 1.165) is 6.42 Å². The van der Waals surface area contributed by atoms with Crippen molar-refractivity contribution in [3.8, 4) is 0 Å². The lowest BCUT2D eigenvalue weighted by atomic mass is 9.84. The molecule has 2 atom stereocenters. The lowest BCUT2D eigenvalue weighted by molar-refractivity contribution is 0.379. The Balaban J connectivity index is 2.12. The lowest BCUT2D eigenvalue weighted by Crippen LogP contribution is -2.27. The first-order valence-electron chi connectivity index (χ1n) is 5.01. The van der Waals surface area contributed by atoms with Gasteiger partial charge in [0, 0.05) is 30.9 Å². The van der Waals surface area contributed by atoms with Crippen LogP contribution in [-0.4, -0.2) is 15.8 Å². The van der Waals surface area contributed by atoms with E-state index in [4.69, 9.17) is 5.73 Å². The van der Waals surface area contributed by atoms with Gasteiger partial charge < -0.3 is 5.73 Å². The van der Waals surface area contributed by atoms with Crippen LogP contribution in [0.15, 0.2) is 12.3 Å². The summed E-state index contributed by atoms with van der Waals surface area (Å²) in [5, 5.41) is 4.19. The van der Waals surface area contributed by atoms with E-state index in [0.29, 0.717) is 12.0 Å². The van der Waals surface area contributed by atoms with E-state index in [1.54, 1.807) is 0 Å². The van der Waals surface area contributed by atoms with Crippen molar-refractivity contribution in [1.82, 2.24) is 9.78 Å². The Morgan fingerprint density at radius 1 is 1.54 bits per heavy atom. The molecule has 2 rings (SSSR count). The van der Waals surface area contributed by atoms with Crippen LogP contribution in [0.3, 0.4) is 0 Å². The van der Waals surface area contributed by atoms with Gasteiger partial charge in [-0.25, -0.2) is 0 Å². The van der Waals surface area contributed by atoms with Crippen LogP contribution in [0.1, 0.15) is 37.3 Å². The second kappa shape index (κ2) is 3.50. The number of rotatable bonds is 1. The topological polar surface area (TPSA) is 43.8 Å². The number of hydrogen-bond acceptors (Lipinski definition) is 2. The fraction of sp³-hybridized carbons (Fsp3) is 0.700. The van der Waals surface area contributed by atoms with Crippen molar-refractivity contribution in [3.63, 3.8) is 0 Å². The predicted octanol–water partition coefficient (Wildman–Crippen LogP) is 1.41. The summed E-state index contributed by atoms with van der Waals surface area (Å²) < 4.78 is 1.97. The predicted molar refractivity (Wildman–Crippen MR) is 52.4 cm³/mol. The largest absolute Gasteiger partial charge is 0.328 e. The Labute approximate surface area is 78.9 Å². The molecule has 3 nitrogen and oxygen atoms in total. The molecule has 0 aromatic carbocycles. The second-order valence-electron chi connectivity index (χ2n) is 4.00. The third-order valence-corrected chi connectivity index (χ3v) is 2.99. The van der Waals surface area contributed by atoms with Gasteiger partial charge in [0.05, 0.1) is 0 Å². The van der Waals surface area contributed by atoms with Crippen LogP contribution in [-0.2, 0) is 7.05 Å². The fourth-order valence-corrected chi connectivity index (χ4v) is 2.28. The van der Waals surface area contributed by atoms with Gasteiger partial charge in [0.2, 0.25) is 0 Å². The van der Waals surface area contributed by atoms with Crippen molar-refractivity contribution in [3.05, 3.63) is 18.0 Å². The van der Waals surface area contributed by atoms with Gasteiger partial charge >= 0.3 is 0 Å². The highest BCUT2D eigenvalue weighted by atomic mass is 15.3. The van der Waals surface area contributed by atoms with Crippen LogP contribution < -0.4 is 5.73 Å². The summed E-state index contributed by atoms with van der Waals surface area (Å²) in [4.78, 5) is 0. The standard InChI is InChI=1S/C10H17N3/c1-13-10(5-6-12-13)8-3-2-4-9(11)7-8/h5-6,8-9H,2-4,7,11H2,1H3. The number of aromatic nitrogens is 2. The third kappa shape index (κ3) is 1.75. The summed E-state index contributed by atoms with van der Waals surface area (Å²) in [5.41, 5.74) is 7.29. The zero-order valence-electron chi connectivity index (χ0n) is 8.11. The Morgan fingerprint density at radius 3 is 3.00 bits per heavy atom. The van der Waals surface area contributed by atoms with Crippen LogP contribution in [0.2, 0.25) is 0 Å². The highest BCUT2D eigenvalue weighted by Crippen LogP contribution is 2.31. The minimum atomic E-state index is 0.397. The van der Waals surface area contributed by atoms with Crippen LogP contribution in [0.5, 0.6) is 0 Å². The molecule has 0 spiro atoms. The summed E-state index contributed by atoms with van der Waals surface area (Å²) in [6.07, 6.45) is 6.72. The monoisotopic (exact) mass is 179 g/mol. The van der Waals surface area contributed by atoms with Gasteiger partial charge in [0.15, 0.2) is 0 Å². The molecule has 2 N–H and O–H groups in total. The molecule has 1 aliphatic rings. The molecule has 0 aliphatic heterocycles. The van der Waals surface area contributed by atoms with Gasteiger partial charge in [-0.3, -0.25) is 4.68 Å². The number of nitrogens with two attached hydrogens (primary N) is 1. The SMILES string of the molecule is Cn1nccc1C1CCCC(N)C1. The van der Waals surface area contributed by atoms with Crippen LogP contribution in [0.4, 0.5) is 0 Å². The first-order chi connectivity index (χ1) is 6.27. The van der Waals surface area contributed by atoms with Crippen molar-refractivity contribution in [2.24, 2.45) is 12.8 Å². The molecule has 1 aliphatic carbocycles.